The second-order valence-corrected chi connectivity index (χ2v) is 12.4. The highest BCUT2D eigenvalue weighted by Crippen LogP contribution is 2.32. The highest BCUT2D eigenvalue weighted by atomic mass is 79.9. The second-order valence-electron chi connectivity index (χ2n) is 9.65. The van der Waals surface area contributed by atoms with Gasteiger partial charge in [-0.2, -0.15) is 0 Å². The first-order valence-electron chi connectivity index (χ1n) is 13.3. The fraction of sp³-hybridized carbons (Fsp3) is 0.333. The number of anilines is 1. The molecule has 0 bridgehead atoms. The van der Waals surface area contributed by atoms with Crippen LogP contribution in [-0.2, 0) is 26.2 Å². The molecule has 12 heteroatoms. The van der Waals surface area contributed by atoms with E-state index < -0.39 is 34.3 Å². The number of carbonyl (C=O) groups is 2. The summed E-state index contributed by atoms with van der Waals surface area (Å²) < 4.78 is 54.0. The van der Waals surface area contributed by atoms with E-state index in [4.69, 9.17) is 9.47 Å². The van der Waals surface area contributed by atoms with Crippen LogP contribution in [0.5, 0.6) is 11.5 Å². The molecule has 226 valence electrons. The molecule has 42 heavy (non-hydrogen) atoms. The van der Waals surface area contributed by atoms with Gasteiger partial charge in [0.15, 0.2) is 11.5 Å². The Morgan fingerprint density at radius 1 is 0.976 bits per heavy atom. The van der Waals surface area contributed by atoms with E-state index in [9.17, 15) is 22.4 Å². The third kappa shape index (κ3) is 8.01. The van der Waals surface area contributed by atoms with Gasteiger partial charge in [0.25, 0.3) is 10.0 Å². The van der Waals surface area contributed by atoms with Gasteiger partial charge < -0.3 is 19.7 Å². The number of nitrogens with one attached hydrogen (secondary N) is 1. The molecule has 2 amide bonds. The minimum absolute atomic E-state index is 0.0427. The number of carbonyl (C=O) groups excluding carboxylic acids is 2. The van der Waals surface area contributed by atoms with Gasteiger partial charge in [0.05, 0.1) is 24.8 Å². The summed E-state index contributed by atoms with van der Waals surface area (Å²) in [7, 11) is -1.58. The van der Waals surface area contributed by atoms with Gasteiger partial charge in [0.2, 0.25) is 11.8 Å². The zero-order valence-electron chi connectivity index (χ0n) is 24.1. The van der Waals surface area contributed by atoms with Crippen molar-refractivity contribution in [2.75, 3.05) is 25.1 Å². The summed E-state index contributed by atoms with van der Waals surface area (Å²) in [4.78, 5) is 28.3. The Balaban J connectivity index is 2.06. The van der Waals surface area contributed by atoms with Gasteiger partial charge in [-0.3, -0.25) is 13.9 Å². The van der Waals surface area contributed by atoms with E-state index in [1.54, 1.807) is 13.0 Å². The molecule has 0 unspecified atom stereocenters. The van der Waals surface area contributed by atoms with Crippen LogP contribution < -0.4 is 19.1 Å². The molecule has 3 aromatic rings. The molecule has 0 aliphatic carbocycles. The molecule has 0 aliphatic rings. The SMILES string of the molecule is CC[C@@H](C)NC(=O)[C@H](C)N(Cc1cccc(Br)c1)C(=O)CN(c1ccc(F)cc1)S(=O)(=O)c1ccc(OC)c(OC)c1. The number of sulfonamides is 1. The lowest BCUT2D eigenvalue weighted by atomic mass is 10.1. The number of nitrogens with zero attached hydrogens (tertiary/aromatic N) is 2. The van der Waals surface area contributed by atoms with Crippen LogP contribution in [-0.4, -0.2) is 58.0 Å². The van der Waals surface area contributed by atoms with E-state index in [2.05, 4.69) is 21.2 Å². The molecular weight excluding hydrogens is 629 g/mol. The summed E-state index contributed by atoms with van der Waals surface area (Å²) in [5, 5.41) is 2.89. The Hall–Kier alpha value is -3.64. The fourth-order valence-electron chi connectivity index (χ4n) is 4.12. The standard InChI is InChI=1S/C30H35BrFN3O6S/c1-6-20(2)33-30(37)21(3)34(18-22-8-7-9-23(31)16-22)29(36)19-35(25-12-10-24(32)11-13-25)42(38,39)26-14-15-27(40-4)28(17-26)41-5/h7-17,20-21H,6,18-19H2,1-5H3,(H,33,37)/t20-,21+/m1/s1. The van der Waals surface area contributed by atoms with Crippen LogP contribution in [0.1, 0.15) is 32.8 Å². The molecule has 1 N–H and O–H groups in total. The van der Waals surface area contributed by atoms with Crippen LogP contribution in [0.2, 0.25) is 0 Å². The molecule has 0 saturated carbocycles. The molecule has 3 rings (SSSR count). The van der Waals surface area contributed by atoms with E-state index in [0.29, 0.717) is 12.2 Å². The van der Waals surface area contributed by atoms with Crippen LogP contribution in [0.25, 0.3) is 0 Å². The van der Waals surface area contributed by atoms with E-state index in [1.165, 1.54) is 49.5 Å². The molecule has 0 radical (unpaired) electrons. The molecule has 0 heterocycles. The highest BCUT2D eigenvalue weighted by molar-refractivity contribution is 9.10. The van der Waals surface area contributed by atoms with Crippen LogP contribution in [0.3, 0.4) is 0 Å². The Labute approximate surface area is 254 Å². The van der Waals surface area contributed by atoms with E-state index in [-0.39, 0.29) is 34.8 Å². The topological polar surface area (TPSA) is 105 Å². The quantitative estimate of drug-likeness (QED) is 0.272. The van der Waals surface area contributed by atoms with Crippen LogP contribution in [0.15, 0.2) is 76.1 Å². The van der Waals surface area contributed by atoms with Gasteiger partial charge in [-0.25, -0.2) is 12.8 Å². The number of methoxy groups -OCH3 is 2. The van der Waals surface area contributed by atoms with Gasteiger partial charge in [-0.05, 0) is 74.4 Å². The molecule has 9 nitrogen and oxygen atoms in total. The van der Waals surface area contributed by atoms with Gasteiger partial charge >= 0.3 is 0 Å². The maximum Gasteiger partial charge on any atom is 0.264 e. The first-order valence-corrected chi connectivity index (χ1v) is 15.5. The first kappa shape index (κ1) is 32.9. The van der Waals surface area contributed by atoms with Crippen LogP contribution >= 0.6 is 15.9 Å². The van der Waals surface area contributed by atoms with Gasteiger partial charge in [0, 0.05) is 23.1 Å². The Kier molecular flexibility index (Phi) is 11.3. The third-order valence-electron chi connectivity index (χ3n) is 6.75. The van der Waals surface area contributed by atoms with Crippen molar-refractivity contribution in [1.82, 2.24) is 10.2 Å². The number of ether oxygens (including phenoxy) is 2. The predicted octanol–water partition coefficient (Wildman–Crippen LogP) is 5.13. The number of amides is 2. The highest BCUT2D eigenvalue weighted by Gasteiger charge is 2.33. The van der Waals surface area contributed by atoms with Crippen molar-refractivity contribution >= 4 is 43.5 Å². The lowest BCUT2D eigenvalue weighted by Crippen LogP contribution is -2.52. The Morgan fingerprint density at radius 3 is 2.24 bits per heavy atom. The zero-order chi connectivity index (χ0) is 31.0. The lowest BCUT2D eigenvalue weighted by Gasteiger charge is -2.32. The molecule has 0 aromatic heterocycles. The number of halogens is 2. The maximum atomic E-state index is 14.0. The normalized spacial score (nSPS) is 12.6. The Bertz CT molecular complexity index is 1500. The summed E-state index contributed by atoms with van der Waals surface area (Å²) in [6.07, 6.45) is 0.694. The average molecular weight is 665 g/mol. The van der Waals surface area contributed by atoms with Crippen molar-refractivity contribution in [3.8, 4) is 11.5 Å². The molecule has 0 saturated heterocycles. The lowest BCUT2D eigenvalue weighted by molar-refractivity contribution is -0.139. The van der Waals surface area contributed by atoms with Gasteiger partial charge in [-0.1, -0.05) is 35.0 Å². The molecule has 0 fully saturated rings. The van der Waals surface area contributed by atoms with Crippen molar-refractivity contribution in [2.24, 2.45) is 0 Å². The molecule has 0 aliphatic heterocycles. The van der Waals surface area contributed by atoms with Crippen molar-refractivity contribution in [3.05, 3.63) is 82.6 Å². The number of benzene rings is 3. The first-order chi connectivity index (χ1) is 19.9. The maximum absolute atomic E-state index is 14.0. The second kappa shape index (κ2) is 14.5. The van der Waals surface area contributed by atoms with Crippen LogP contribution in [0, 0.1) is 5.82 Å². The van der Waals surface area contributed by atoms with E-state index in [0.717, 1.165) is 26.5 Å². The van der Waals surface area contributed by atoms with Crippen molar-refractivity contribution < 1.29 is 31.9 Å². The van der Waals surface area contributed by atoms with E-state index >= 15 is 0 Å². The molecule has 0 spiro atoms. The van der Waals surface area contributed by atoms with Crippen molar-refractivity contribution in [1.29, 1.82) is 0 Å². The molecular formula is C30H35BrFN3O6S. The summed E-state index contributed by atoms with van der Waals surface area (Å²) in [6, 6.07) is 15.0. The largest absolute Gasteiger partial charge is 0.493 e. The summed E-state index contributed by atoms with van der Waals surface area (Å²) in [5.41, 5.74) is 0.802. The molecule has 3 aromatic carbocycles. The van der Waals surface area contributed by atoms with Gasteiger partial charge in [-0.15, -0.1) is 0 Å². The number of hydrogen-bond acceptors (Lipinski definition) is 6. The number of rotatable bonds is 13. The van der Waals surface area contributed by atoms with Crippen molar-refractivity contribution in [2.45, 2.75) is 50.7 Å². The smallest absolute Gasteiger partial charge is 0.264 e. The average Bonchev–Trinajstić information content (AvgIpc) is 2.98. The van der Waals surface area contributed by atoms with Crippen LogP contribution in [0.4, 0.5) is 10.1 Å². The number of hydrogen-bond donors (Lipinski definition) is 1. The van der Waals surface area contributed by atoms with E-state index in [1.807, 2.05) is 32.0 Å². The fourth-order valence-corrected chi connectivity index (χ4v) is 6.00. The summed E-state index contributed by atoms with van der Waals surface area (Å²) in [6.45, 7) is 4.77. The minimum Gasteiger partial charge on any atom is -0.493 e. The summed E-state index contributed by atoms with van der Waals surface area (Å²) >= 11 is 3.43. The predicted molar refractivity (Wildman–Crippen MR) is 163 cm³/mol. The Morgan fingerprint density at radius 2 is 1.64 bits per heavy atom. The molecule has 2 atom stereocenters. The van der Waals surface area contributed by atoms with Crippen molar-refractivity contribution in [3.63, 3.8) is 0 Å². The van der Waals surface area contributed by atoms with Gasteiger partial charge in [0.1, 0.15) is 18.4 Å². The monoisotopic (exact) mass is 663 g/mol. The summed E-state index contributed by atoms with van der Waals surface area (Å²) in [5.74, 6) is -1.07. The minimum atomic E-state index is -4.38. The third-order valence-corrected chi connectivity index (χ3v) is 9.01. The zero-order valence-corrected chi connectivity index (χ0v) is 26.5.